The summed E-state index contributed by atoms with van der Waals surface area (Å²) in [7, 11) is 0. The highest BCUT2D eigenvalue weighted by molar-refractivity contribution is 5.94. The van der Waals surface area contributed by atoms with Gasteiger partial charge in [-0.15, -0.1) is 0 Å². The van der Waals surface area contributed by atoms with Crippen molar-refractivity contribution in [2.45, 2.75) is 50.7 Å². The molecular weight excluding hydrogens is 330 g/mol. The topological polar surface area (TPSA) is 79.8 Å². The molecule has 4 rings (SSSR count). The molecule has 6 nitrogen and oxygen atoms in total. The molecule has 2 heterocycles. The maximum absolute atomic E-state index is 12.4. The van der Waals surface area contributed by atoms with Gasteiger partial charge in [-0.3, -0.25) is 9.59 Å². The van der Waals surface area contributed by atoms with Gasteiger partial charge in [0.15, 0.2) is 0 Å². The number of carbonyl (C=O) groups excluding carboxylic acids is 2. The molecule has 0 aromatic heterocycles. The Bertz CT molecular complexity index is 704. The Hall–Kier alpha value is -2.21. The number of nitrogens with zero attached hydrogens (tertiary/aromatic N) is 1. The summed E-state index contributed by atoms with van der Waals surface area (Å²) in [6.07, 6.45) is 4.37. The molecule has 2 amide bonds. The van der Waals surface area contributed by atoms with Crippen LogP contribution in [0.2, 0.25) is 0 Å². The molecule has 26 heavy (non-hydrogen) atoms. The quantitative estimate of drug-likeness (QED) is 0.816. The van der Waals surface area contributed by atoms with E-state index in [0.717, 1.165) is 25.2 Å². The first-order valence-corrected chi connectivity index (χ1v) is 9.50. The summed E-state index contributed by atoms with van der Waals surface area (Å²) in [6.45, 7) is 0.795. The smallest absolute Gasteiger partial charge is 0.240 e. The summed E-state index contributed by atoms with van der Waals surface area (Å²) in [5.74, 6) is 0.806. The van der Waals surface area contributed by atoms with E-state index in [2.05, 4.69) is 40.1 Å². The van der Waals surface area contributed by atoms with Crippen LogP contribution in [0.3, 0.4) is 0 Å². The second kappa shape index (κ2) is 7.58. The van der Waals surface area contributed by atoms with Gasteiger partial charge in [-0.05, 0) is 31.2 Å². The molecule has 0 bridgehead atoms. The zero-order valence-electron chi connectivity index (χ0n) is 14.8. The van der Waals surface area contributed by atoms with E-state index >= 15 is 0 Å². The predicted octanol–water partition coefficient (Wildman–Crippen LogP) is 1.79. The lowest BCUT2D eigenvalue weighted by Gasteiger charge is -2.48. The van der Waals surface area contributed by atoms with E-state index in [4.69, 9.17) is 4.74 Å². The average molecular weight is 355 g/mol. The third-order valence-corrected chi connectivity index (χ3v) is 5.79. The fourth-order valence-electron chi connectivity index (χ4n) is 4.38. The van der Waals surface area contributed by atoms with Gasteiger partial charge in [-0.25, -0.2) is 5.43 Å². The van der Waals surface area contributed by atoms with Crippen LogP contribution in [0.4, 0.5) is 0 Å². The number of hydrogen-bond donors (Lipinski definition) is 2. The Morgan fingerprint density at radius 1 is 1.27 bits per heavy atom. The van der Waals surface area contributed by atoms with Crippen molar-refractivity contribution in [2.24, 2.45) is 16.9 Å². The average Bonchev–Trinajstić information content (AvgIpc) is 3.09. The first-order valence-electron chi connectivity index (χ1n) is 9.50. The number of amides is 2. The fourth-order valence-corrected chi connectivity index (χ4v) is 4.38. The summed E-state index contributed by atoms with van der Waals surface area (Å²) in [6, 6.07) is 10.6. The lowest BCUT2D eigenvalue weighted by Crippen LogP contribution is -2.62. The molecule has 4 atom stereocenters. The molecule has 6 heteroatoms. The molecule has 2 aliphatic heterocycles. The highest BCUT2D eigenvalue weighted by Crippen LogP contribution is 2.45. The Morgan fingerprint density at radius 3 is 2.88 bits per heavy atom. The normalized spacial score (nSPS) is 30.0. The van der Waals surface area contributed by atoms with Crippen LogP contribution in [-0.2, 0) is 20.7 Å². The number of fused-ring (bicyclic) bond motifs is 1. The fraction of sp³-hybridized carbons (Fsp3) is 0.550. The van der Waals surface area contributed by atoms with Crippen molar-refractivity contribution in [2.75, 3.05) is 6.61 Å². The van der Waals surface area contributed by atoms with E-state index in [9.17, 15) is 9.59 Å². The number of hydrazone groups is 1. The minimum absolute atomic E-state index is 0.0521. The van der Waals surface area contributed by atoms with Crippen molar-refractivity contribution in [3.8, 4) is 0 Å². The number of carbonyl (C=O) groups is 2. The van der Waals surface area contributed by atoms with E-state index < -0.39 is 0 Å². The lowest BCUT2D eigenvalue weighted by atomic mass is 9.64. The number of rotatable bonds is 6. The zero-order chi connectivity index (χ0) is 17.9. The molecule has 3 aliphatic rings. The summed E-state index contributed by atoms with van der Waals surface area (Å²) < 4.78 is 5.90. The van der Waals surface area contributed by atoms with Crippen molar-refractivity contribution in [3.63, 3.8) is 0 Å². The number of hydrogen-bond acceptors (Lipinski definition) is 4. The number of ether oxygens (including phenoxy) is 1. The van der Waals surface area contributed by atoms with Gasteiger partial charge in [-0.1, -0.05) is 30.3 Å². The van der Waals surface area contributed by atoms with Gasteiger partial charge in [0.1, 0.15) is 0 Å². The standard InChI is InChI=1S/C20H25N3O3/c24-17(8-6-14-7-9-18(25)23-22-14)21-19-15-10-11-26-20(15)16(19)12-13-4-2-1-3-5-13/h1-5,15-16,19-20H,6-12H2,(H,21,24)(H,23,25)/t15-,16+,19-,20-/m1/s1. The van der Waals surface area contributed by atoms with Crippen molar-refractivity contribution >= 4 is 17.5 Å². The van der Waals surface area contributed by atoms with Gasteiger partial charge in [0.2, 0.25) is 11.8 Å². The van der Waals surface area contributed by atoms with Gasteiger partial charge in [0.05, 0.1) is 6.10 Å². The Labute approximate surface area is 153 Å². The monoisotopic (exact) mass is 355 g/mol. The van der Waals surface area contributed by atoms with Crippen molar-refractivity contribution in [3.05, 3.63) is 35.9 Å². The summed E-state index contributed by atoms with van der Waals surface area (Å²) in [5.41, 5.74) is 4.67. The minimum atomic E-state index is -0.0521. The molecule has 138 valence electrons. The van der Waals surface area contributed by atoms with Gasteiger partial charge in [0.25, 0.3) is 0 Å². The largest absolute Gasteiger partial charge is 0.377 e. The lowest BCUT2D eigenvalue weighted by molar-refractivity contribution is -0.127. The molecule has 1 aliphatic carbocycles. The maximum Gasteiger partial charge on any atom is 0.240 e. The molecule has 0 radical (unpaired) electrons. The minimum Gasteiger partial charge on any atom is -0.377 e. The number of nitrogens with one attached hydrogen (secondary N) is 2. The van der Waals surface area contributed by atoms with E-state index in [1.54, 1.807) is 0 Å². The summed E-state index contributed by atoms with van der Waals surface area (Å²) in [4.78, 5) is 23.6. The van der Waals surface area contributed by atoms with Crippen molar-refractivity contribution in [1.29, 1.82) is 0 Å². The molecule has 2 fully saturated rings. The molecule has 0 spiro atoms. The maximum atomic E-state index is 12.4. The van der Waals surface area contributed by atoms with Gasteiger partial charge < -0.3 is 10.1 Å². The third-order valence-electron chi connectivity index (χ3n) is 5.79. The Kier molecular flexibility index (Phi) is 5.02. The van der Waals surface area contributed by atoms with Crippen molar-refractivity contribution < 1.29 is 14.3 Å². The van der Waals surface area contributed by atoms with Crippen LogP contribution >= 0.6 is 0 Å². The van der Waals surface area contributed by atoms with Crippen LogP contribution in [0.15, 0.2) is 35.4 Å². The highest BCUT2D eigenvalue weighted by atomic mass is 16.5. The predicted molar refractivity (Wildman–Crippen MR) is 97.5 cm³/mol. The molecular formula is C20H25N3O3. The highest BCUT2D eigenvalue weighted by Gasteiger charge is 2.53. The van der Waals surface area contributed by atoms with Crippen LogP contribution in [0, 0.1) is 11.8 Å². The third kappa shape index (κ3) is 3.65. The Morgan fingerprint density at radius 2 is 2.12 bits per heavy atom. The first kappa shape index (κ1) is 17.2. The molecule has 1 saturated carbocycles. The second-order valence-electron chi connectivity index (χ2n) is 7.45. The van der Waals surface area contributed by atoms with Crippen LogP contribution in [0.1, 0.15) is 37.7 Å². The van der Waals surface area contributed by atoms with E-state index in [-0.39, 0.29) is 24.0 Å². The van der Waals surface area contributed by atoms with Gasteiger partial charge >= 0.3 is 0 Å². The van der Waals surface area contributed by atoms with Crippen molar-refractivity contribution in [1.82, 2.24) is 10.7 Å². The molecule has 0 unspecified atom stereocenters. The SMILES string of the molecule is O=C1CCC(CCC(=O)N[C@@H]2[C@H]3CCO[C@H]3[C@H]2Cc2ccccc2)=NN1. The van der Waals surface area contributed by atoms with Gasteiger partial charge in [0, 0.05) is 43.0 Å². The summed E-state index contributed by atoms with van der Waals surface area (Å²) >= 11 is 0. The van der Waals surface area contributed by atoms with Crippen LogP contribution in [-0.4, -0.2) is 36.3 Å². The van der Waals surface area contributed by atoms with E-state index in [0.29, 0.717) is 37.5 Å². The Balaban J connectivity index is 1.32. The number of benzene rings is 1. The summed E-state index contributed by atoms with van der Waals surface area (Å²) in [5, 5.41) is 7.28. The second-order valence-corrected chi connectivity index (χ2v) is 7.45. The van der Waals surface area contributed by atoms with Gasteiger partial charge in [-0.2, -0.15) is 5.10 Å². The zero-order valence-corrected chi connectivity index (χ0v) is 14.8. The molecule has 1 saturated heterocycles. The molecule has 2 N–H and O–H groups in total. The van der Waals surface area contributed by atoms with E-state index in [1.165, 1.54) is 5.56 Å². The van der Waals surface area contributed by atoms with Crippen LogP contribution < -0.4 is 10.7 Å². The first-order chi connectivity index (χ1) is 12.7. The molecule has 1 aromatic carbocycles. The van der Waals surface area contributed by atoms with Crippen LogP contribution in [0.25, 0.3) is 0 Å². The van der Waals surface area contributed by atoms with E-state index in [1.807, 2.05) is 6.07 Å². The molecule has 1 aromatic rings. The van der Waals surface area contributed by atoms with Crippen LogP contribution in [0.5, 0.6) is 0 Å².